The van der Waals surface area contributed by atoms with Gasteiger partial charge in [-0.1, -0.05) is 0 Å². The second kappa shape index (κ2) is 17.8. The molecule has 0 aliphatic rings. The third-order valence-corrected chi connectivity index (χ3v) is 0. The average Bonchev–Trinajstić information content (AvgIpc) is 0.918. The second-order valence-electron chi connectivity index (χ2n) is 0.0452. The molecule has 0 amide bonds. The van der Waals surface area contributed by atoms with Crippen molar-refractivity contribution in [3.8, 4) is 0 Å². The van der Waals surface area contributed by atoms with Crippen molar-refractivity contribution < 1.29 is 28.3 Å². The summed E-state index contributed by atoms with van der Waals surface area (Å²) in [4.78, 5) is 0. The molecule has 0 rings (SSSR count). The second-order valence-corrected chi connectivity index (χ2v) is 2.41. The Balaban J connectivity index is -0.0000000200. The largest absolute Gasteiger partial charge is 1.00 e. The van der Waals surface area contributed by atoms with Crippen molar-refractivity contribution >= 4 is 19.1 Å². The quantitative estimate of drug-likeness (QED) is 0.424. The predicted octanol–water partition coefficient (Wildman–Crippen LogP) is -2.10. The molecule has 0 aliphatic heterocycles. The first-order valence-electron chi connectivity index (χ1n) is 0.239. The summed E-state index contributed by atoms with van der Waals surface area (Å²) in [5.41, 5.74) is 0. The van der Waals surface area contributed by atoms with Crippen molar-refractivity contribution in [3.05, 3.63) is 0 Å². The van der Waals surface area contributed by atoms with E-state index in [4.69, 9.17) is 19.1 Å². The normalized spacial score (nSPS) is 4.40. The molecule has 5 heavy (non-hydrogen) atoms. The van der Waals surface area contributed by atoms with Crippen molar-refractivity contribution in [2.45, 2.75) is 0 Å². The van der Waals surface area contributed by atoms with Gasteiger partial charge in [0.1, 0.15) is 0 Å². The van der Waals surface area contributed by atoms with Gasteiger partial charge in [-0.3, -0.25) is 0 Å². The molecule has 0 N–H and O–H groups in total. The molecule has 0 aromatic carbocycles. The van der Waals surface area contributed by atoms with Crippen molar-refractivity contribution in [2.75, 3.05) is 0 Å². The van der Waals surface area contributed by atoms with Crippen LogP contribution in [0.3, 0.4) is 0 Å². The van der Waals surface area contributed by atoms with Gasteiger partial charge in [0.15, 0.2) is 0 Å². The molecule has 0 saturated heterocycles. The average molecular weight is 227 g/mol. The van der Waals surface area contributed by atoms with Crippen molar-refractivity contribution in [3.63, 3.8) is 0 Å². The maximum absolute atomic E-state index is 4.81. The van der Waals surface area contributed by atoms with Gasteiger partial charge in [0.25, 0.3) is 0 Å². The summed E-state index contributed by atoms with van der Waals surface area (Å²) in [5, 5.41) is 0. The maximum atomic E-state index is 4.81. The minimum Gasteiger partial charge on any atom is 1.00 e. The van der Waals surface area contributed by atoms with E-state index in [0.717, 1.165) is 0 Å². The van der Waals surface area contributed by atoms with Crippen LogP contribution < -0.4 is 18.6 Å². The molecule has 0 unspecified atom stereocenters. The van der Waals surface area contributed by atoms with E-state index in [9.17, 15) is 0 Å². The zero-order valence-corrected chi connectivity index (χ0v) is 5.72. The third-order valence-electron chi connectivity index (χ3n) is 0. The standard InChI is InChI=1S/3ClH.N.Pd/h3*1H;;/q;;;+1;+2/p-3. The molecular formula is Cl3NPd. The van der Waals surface area contributed by atoms with Crippen LogP contribution in [0.5, 0.6) is 0 Å². The van der Waals surface area contributed by atoms with Crippen LogP contribution in [0.25, 0.3) is 0 Å². The summed E-state index contributed by atoms with van der Waals surface area (Å²) in [6.07, 6.45) is 0. The van der Waals surface area contributed by atoms with E-state index in [-0.39, 0.29) is 34.5 Å². The Labute approximate surface area is 53.5 Å². The van der Waals surface area contributed by atoms with Crippen LogP contribution in [-0.4, -0.2) is 0 Å². The van der Waals surface area contributed by atoms with Gasteiger partial charge in [0.2, 0.25) is 0 Å². The monoisotopic (exact) mass is 225 g/mol. The van der Waals surface area contributed by atoms with Crippen LogP contribution in [0.1, 0.15) is 0 Å². The zero-order chi connectivity index (χ0) is 2.71. The van der Waals surface area contributed by atoms with E-state index in [0.29, 0.717) is 0 Å². The Morgan fingerprint density at radius 1 is 1.20 bits per heavy atom. The fourth-order valence-corrected chi connectivity index (χ4v) is 0. The van der Waals surface area contributed by atoms with Crippen molar-refractivity contribution in [1.29, 1.82) is 0 Å². The molecular weight excluding hydrogens is 227 g/mol. The topological polar surface area (TPSA) is 30.5 Å². The van der Waals surface area contributed by atoms with Crippen molar-refractivity contribution in [1.82, 2.24) is 6.15 Å². The van der Waals surface area contributed by atoms with E-state index in [1.807, 2.05) is 0 Å². The van der Waals surface area contributed by atoms with E-state index >= 15 is 0 Å². The fourth-order valence-electron chi connectivity index (χ4n) is 0. The first-order valence-corrected chi connectivity index (χ1v) is 4.24. The molecule has 0 spiro atoms. The molecule has 0 aliphatic carbocycles. The number of nitrogens with zero attached hydrogens (tertiary/aromatic N) is 1. The van der Waals surface area contributed by atoms with Crippen molar-refractivity contribution in [2.24, 2.45) is 0 Å². The third kappa shape index (κ3) is 30.1. The van der Waals surface area contributed by atoms with Gasteiger partial charge in [0.05, 0.1) is 0 Å². The fraction of sp³-hybridized carbons (Fsp3) is 0. The van der Waals surface area contributed by atoms with E-state index in [2.05, 4.69) is 0 Å². The number of hydrogen-bond donors (Lipinski definition) is 0. The molecule has 1 nitrogen and oxygen atoms in total. The number of hydrogen-bond acceptors (Lipinski definition) is 0. The van der Waals surface area contributed by atoms with E-state index in [1.54, 1.807) is 0 Å². The molecule has 0 atom stereocenters. The summed E-state index contributed by atoms with van der Waals surface area (Å²) < 4.78 is 0. The van der Waals surface area contributed by atoms with Crippen LogP contribution in [0.4, 0.5) is 0 Å². The molecule has 0 heterocycles. The maximum Gasteiger partial charge on any atom is 1.00 e. The summed E-state index contributed by atoms with van der Waals surface area (Å²) in [6, 6.07) is 0. The smallest absolute Gasteiger partial charge is 1.00 e. The first-order chi connectivity index (χ1) is 1.41. The van der Waals surface area contributed by atoms with Gasteiger partial charge in [-0.15, -0.1) is 0 Å². The molecule has 5 heteroatoms. The Bertz CT molecular complexity index is 6.85. The molecule has 4 radical (unpaired) electrons. The summed E-state index contributed by atoms with van der Waals surface area (Å²) in [7, 11) is 9.63. The van der Waals surface area contributed by atoms with E-state index < -0.39 is 0 Å². The Morgan fingerprint density at radius 3 is 1.20 bits per heavy atom. The Kier molecular flexibility index (Phi) is 57.3. The number of rotatable bonds is 0. The van der Waals surface area contributed by atoms with Crippen LogP contribution >= 0.6 is 19.1 Å². The Hall–Kier alpha value is 1.49. The van der Waals surface area contributed by atoms with E-state index in [1.165, 1.54) is 0 Å². The van der Waals surface area contributed by atoms with Crippen LogP contribution in [0.2, 0.25) is 0 Å². The summed E-state index contributed by atoms with van der Waals surface area (Å²) >= 11 is -0.106. The number of halogens is 3. The summed E-state index contributed by atoms with van der Waals surface area (Å²) in [6.45, 7) is 0. The molecule has 0 aromatic heterocycles. The van der Waals surface area contributed by atoms with Gasteiger partial charge >= 0.3 is 41.1 Å². The zero-order valence-electron chi connectivity index (χ0n) is 1.90. The van der Waals surface area contributed by atoms with Gasteiger partial charge < -0.3 is 12.4 Å². The van der Waals surface area contributed by atoms with Crippen LogP contribution in [-0.2, 0) is 15.9 Å². The molecule has 36 valence electrons. The first kappa shape index (κ1) is 16.1. The molecule has 0 bridgehead atoms. The minimum atomic E-state index is -0.106. The van der Waals surface area contributed by atoms with Crippen LogP contribution in [0, 0.1) is 0 Å². The predicted molar refractivity (Wildman–Crippen MR) is 13.8 cm³/mol. The SMILES string of the molecule is [Cl-].[Cl][Pd][Cl].[N+]. The van der Waals surface area contributed by atoms with Gasteiger partial charge in [-0.25, -0.2) is 0 Å². The molecule has 0 fully saturated rings. The molecule has 0 saturated carbocycles. The van der Waals surface area contributed by atoms with Crippen LogP contribution in [0.15, 0.2) is 0 Å². The van der Waals surface area contributed by atoms with Gasteiger partial charge in [-0.2, -0.15) is 0 Å². The van der Waals surface area contributed by atoms with Gasteiger partial charge in [-0.05, 0) is 0 Å². The molecule has 0 aromatic rings. The minimum absolute atomic E-state index is 0. The Morgan fingerprint density at radius 2 is 1.20 bits per heavy atom. The van der Waals surface area contributed by atoms with Gasteiger partial charge in [0, 0.05) is 0 Å². The summed E-state index contributed by atoms with van der Waals surface area (Å²) in [5.74, 6) is 0.